The van der Waals surface area contributed by atoms with Crippen molar-refractivity contribution in [2.75, 3.05) is 26.2 Å². The van der Waals surface area contributed by atoms with E-state index in [0.717, 1.165) is 27.3 Å². The van der Waals surface area contributed by atoms with Crippen LogP contribution in [0, 0.1) is 0 Å². The van der Waals surface area contributed by atoms with E-state index >= 15 is 0 Å². The minimum atomic E-state index is -1.08. The van der Waals surface area contributed by atoms with Gasteiger partial charge in [-0.3, -0.25) is 4.79 Å². The quantitative estimate of drug-likeness (QED) is 0.169. The molecular formula is C14H26N2Na2O8. The first kappa shape index (κ1) is 40.3. The molecule has 12 heteroatoms. The van der Waals surface area contributed by atoms with Crippen molar-refractivity contribution in [2.24, 2.45) is 5.73 Å². The molecule has 0 atom stereocenters. The summed E-state index contributed by atoms with van der Waals surface area (Å²) in [6.45, 7) is 10.4. The van der Waals surface area contributed by atoms with Crippen molar-refractivity contribution in [1.82, 2.24) is 5.32 Å². The van der Waals surface area contributed by atoms with Crippen LogP contribution in [0.2, 0.25) is 0 Å². The smallest absolute Gasteiger partial charge is 0.550 e. The maximum atomic E-state index is 10.8. The van der Waals surface area contributed by atoms with Gasteiger partial charge < -0.3 is 40.7 Å². The monoisotopic (exact) mass is 396 g/mol. The molecule has 0 radical (unpaired) electrons. The molecule has 0 aliphatic heterocycles. The third-order valence-electron chi connectivity index (χ3n) is 1.18. The second-order valence-electron chi connectivity index (χ2n) is 3.96. The largest absolute Gasteiger partial charge is 1.00 e. The first-order chi connectivity index (χ1) is 10.9. The molecular weight excluding hydrogens is 370 g/mol. The first-order valence-corrected chi connectivity index (χ1v) is 6.66. The average Bonchev–Trinajstić information content (AvgIpc) is 2.36. The Kier molecular flexibility index (Phi) is 49.9. The van der Waals surface area contributed by atoms with Gasteiger partial charge in [-0.2, -0.15) is 0 Å². The molecule has 0 rings (SSSR count). The van der Waals surface area contributed by atoms with Gasteiger partial charge in [-0.25, -0.2) is 4.79 Å². The van der Waals surface area contributed by atoms with Crippen molar-refractivity contribution in [1.29, 1.82) is 0 Å². The number of hydrogen-bond acceptors (Lipinski definition) is 9. The Bertz CT molecular complexity index is 353. The molecule has 0 amide bonds. The van der Waals surface area contributed by atoms with Crippen LogP contribution in [0.4, 0.5) is 0 Å². The van der Waals surface area contributed by atoms with Gasteiger partial charge >= 0.3 is 65.1 Å². The maximum Gasteiger partial charge on any atom is 1.00 e. The van der Waals surface area contributed by atoms with Gasteiger partial charge in [0, 0.05) is 44.1 Å². The fraction of sp³-hybridized carbons (Fsp3) is 0.571. The Labute approximate surface area is 198 Å². The van der Waals surface area contributed by atoms with Gasteiger partial charge in [0.15, 0.2) is 0 Å². The topological polar surface area (TPSA) is 182 Å². The minimum Gasteiger partial charge on any atom is -0.550 e. The molecule has 0 aliphatic rings. The van der Waals surface area contributed by atoms with E-state index in [4.69, 9.17) is 40.2 Å². The summed E-state index contributed by atoms with van der Waals surface area (Å²) in [6.07, 6.45) is 0. The summed E-state index contributed by atoms with van der Waals surface area (Å²) in [5, 5.41) is 28.2. The van der Waals surface area contributed by atoms with Crippen molar-refractivity contribution >= 4 is 23.9 Å². The minimum absolute atomic E-state index is 0. The Hall–Kier alpha value is -0.460. The fourth-order valence-electron chi connectivity index (χ4n) is 0.566. The van der Waals surface area contributed by atoms with E-state index in [-0.39, 0.29) is 65.1 Å². The molecule has 0 bridgehead atoms. The van der Waals surface area contributed by atoms with E-state index < -0.39 is 17.9 Å². The number of hydrogen-bond donors (Lipinski definition) is 3. The van der Waals surface area contributed by atoms with Crippen LogP contribution in [-0.4, -0.2) is 55.2 Å². The maximum absolute atomic E-state index is 10.8. The first-order valence-electron chi connectivity index (χ1n) is 6.66. The molecule has 0 aromatic heterocycles. The molecule has 142 valence electrons. The third kappa shape index (κ3) is 108. The van der Waals surface area contributed by atoms with Crippen molar-refractivity contribution in [3.8, 4) is 0 Å². The molecule has 0 aromatic carbocycles. The summed E-state index contributed by atoms with van der Waals surface area (Å²) in [6, 6.07) is 0. The standard InChI is InChI=1S/C8H16N2O2.3C2H4O2.2Na/c1-7(2)8(11)12-6-5-10-4-3-9;3*1-2(3)4;;/h10H,1,3-6,9H2,2H3;3*1H3,(H,3,4);;/q;;;;2*+1/p-2. The molecule has 0 fully saturated rings. The van der Waals surface area contributed by atoms with Gasteiger partial charge in [-0.15, -0.1) is 0 Å². The number of carbonyl (C=O) groups excluding carboxylic acids is 3. The van der Waals surface area contributed by atoms with Crippen molar-refractivity contribution in [3.63, 3.8) is 0 Å². The number of carboxylic acids is 3. The van der Waals surface area contributed by atoms with Gasteiger partial charge in [0.2, 0.25) is 0 Å². The molecule has 26 heavy (non-hydrogen) atoms. The molecule has 10 nitrogen and oxygen atoms in total. The van der Waals surface area contributed by atoms with E-state index in [1.54, 1.807) is 6.92 Å². The SMILES string of the molecule is C=C(C)C(=O)OCCNCCN.CC(=O)O.CC(=O)[O-].CC(=O)[O-].[Na+].[Na+]. The second-order valence-corrected chi connectivity index (χ2v) is 3.96. The molecule has 0 heterocycles. The third-order valence-corrected chi connectivity index (χ3v) is 1.18. The average molecular weight is 396 g/mol. The van der Waals surface area contributed by atoms with E-state index in [0.29, 0.717) is 25.3 Å². The number of aliphatic carboxylic acids is 3. The van der Waals surface area contributed by atoms with Gasteiger partial charge in [0.05, 0.1) is 0 Å². The molecule has 4 N–H and O–H groups in total. The van der Waals surface area contributed by atoms with Gasteiger partial charge in [0.25, 0.3) is 5.97 Å². The van der Waals surface area contributed by atoms with Crippen LogP contribution in [0.15, 0.2) is 12.2 Å². The van der Waals surface area contributed by atoms with Crippen LogP contribution in [0.5, 0.6) is 0 Å². The molecule has 0 aliphatic carbocycles. The molecule has 0 unspecified atom stereocenters. The second kappa shape index (κ2) is 32.2. The van der Waals surface area contributed by atoms with Crippen molar-refractivity contribution in [2.45, 2.75) is 27.7 Å². The Morgan fingerprint density at radius 3 is 1.54 bits per heavy atom. The summed E-state index contributed by atoms with van der Waals surface area (Å²) >= 11 is 0. The zero-order chi connectivity index (χ0) is 20.1. The predicted molar refractivity (Wildman–Crippen MR) is 82.4 cm³/mol. The summed E-state index contributed by atoms with van der Waals surface area (Å²) in [5.74, 6) is -3.34. The van der Waals surface area contributed by atoms with Crippen molar-refractivity contribution < 1.29 is 98.3 Å². The zero-order valence-corrected chi connectivity index (χ0v) is 20.4. The zero-order valence-electron chi connectivity index (χ0n) is 16.4. The number of esters is 1. The van der Waals surface area contributed by atoms with Gasteiger partial charge in [0.1, 0.15) is 6.61 Å². The van der Waals surface area contributed by atoms with Crippen LogP contribution < -0.4 is 80.4 Å². The molecule has 0 saturated carbocycles. The van der Waals surface area contributed by atoms with Gasteiger partial charge in [-0.05, 0) is 20.8 Å². The fourth-order valence-corrected chi connectivity index (χ4v) is 0.566. The van der Waals surface area contributed by atoms with Crippen LogP contribution in [0.25, 0.3) is 0 Å². The Morgan fingerprint density at radius 1 is 1.00 bits per heavy atom. The predicted octanol–water partition coefficient (Wildman–Crippen LogP) is -8.73. The molecule has 0 saturated heterocycles. The normalized spacial score (nSPS) is 7.27. The number of nitrogens with two attached hydrogens (primary N) is 1. The van der Waals surface area contributed by atoms with E-state index in [9.17, 15) is 4.79 Å². The van der Waals surface area contributed by atoms with E-state index in [2.05, 4.69) is 11.9 Å². The van der Waals surface area contributed by atoms with Crippen LogP contribution >= 0.6 is 0 Å². The van der Waals surface area contributed by atoms with Crippen LogP contribution in [-0.2, 0) is 23.9 Å². The summed E-state index contributed by atoms with van der Waals surface area (Å²) < 4.78 is 4.81. The molecule has 0 aromatic rings. The van der Waals surface area contributed by atoms with Crippen LogP contribution in [0.3, 0.4) is 0 Å². The number of carbonyl (C=O) groups is 4. The summed E-state index contributed by atoms with van der Waals surface area (Å²) in [7, 11) is 0. The Morgan fingerprint density at radius 2 is 1.31 bits per heavy atom. The number of ether oxygens (including phenoxy) is 1. The number of nitrogens with one attached hydrogen (secondary N) is 1. The summed E-state index contributed by atoms with van der Waals surface area (Å²) in [5.41, 5.74) is 5.66. The molecule has 0 spiro atoms. The van der Waals surface area contributed by atoms with E-state index in [1.165, 1.54) is 0 Å². The van der Waals surface area contributed by atoms with E-state index in [1.807, 2.05) is 0 Å². The Balaban J connectivity index is -0.0000000597. The number of carboxylic acid groups (broad SMARTS) is 3. The van der Waals surface area contributed by atoms with Gasteiger partial charge in [-0.1, -0.05) is 6.58 Å². The van der Waals surface area contributed by atoms with Crippen molar-refractivity contribution in [3.05, 3.63) is 12.2 Å². The summed E-state index contributed by atoms with van der Waals surface area (Å²) in [4.78, 5) is 37.6. The number of rotatable bonds is 6. The van der Waals surface area contributed by atoms with Crippen LogP contribution in [0.1, 0.15) is 27.7 Å².